The van der Waals surface area contributed by atoms with E-state index < -0.39 is 11.6 Å². The van der Waals surface area contributed by atoms with E-state index in [4.69, 9.17) is 4.74 Å². The summed E-state index contributed by atoms with van der Waals surface area (Å²) in [6.07, 6.45) is 15.0. The molecule has 3 aliphatic carbocycles. The van der Waals surface area contributed by atoms with Gasteiger partial charge in [-0.25, -0.2) is 0 Å². The molecule has 0 radical (unpaired) electrons. The maximum absolute atomic E-state index is 13.6. The molecule has 2 unspecified atom stereocenters. The van der Waals surface area contributed by atoms with Crippen LogP contribution in [0.25, 0.3) is 5.57 Å². The summed E-state index contributed by atoms with van der Waals surface area (Å²) in [7, 11) is 1.58. The normalized spacial score (nSPS) is 25.9. The summed E-state index contributed by atoms with van der Waals surface area (Å²) in [5.41, 5.74) is 4.05. The fraction of sp³-hybridized carbons (Fsp3) is 0.500. The van der Waals surface area contributed by atoms with E-state index >= 15 is 0 Å². The number of hydrogen-bond donors (Lipinski definition) is 0. The van der Waals surface area contributed by atoms with Crippen LogP contribution in [0.15, 0.2) is 42.0 Å². The molecule has 1 fully saturated rings. The van der Waals surface area contributed by atoms with Gasteiger partial charge in [-0.05, 0) is 73.6 Å². The lowest BCUT2D eigenvalue weighted by molar-refractivity contribution is -0.133. The zero-order valence-electron chi connectivity index (χ0n) is 20.9. The van der Waals surface area contributed by atoms with Crippen LogP contribution < -0.4 is 4.74 Å². The minimum absolute atomic E-state index is 0.00164. The van der Waals surface area contributed by atoms with Gasteiger partial charge in [0.25, 0.3) is 0 Å². The van der Waals surface area contributed by atoms with Crippen molar-refractivity contribution in [2.24, 2.45) is 17.8 Å². The van der Waals surface area contributed by atoms with E-state index in [1.807, 2.05) is 19.1 Å². The highest BCUT2D eigenvalue weighted by Gasteiger charge is 2.33. The van der Waals surface area contributed by atoms with Gasteiger partial charge in [-0.2, -0.15) is 0 Å². The molecule has 0 heterocycles. The number of methoxy groups -OCH3 is 1. The van der Waals surface area contributed by atoms with E-state index in [9.17, 15) is 14.4 Å². The summed E-state index contributed by atoms with van der Waals surface area (Å²) in [6, 6.07) is 3.69. The summed E-state index contributed by atoms with van der Waals surface area (Å²) >= 11 is 0. The quantitative estimate of drug-likeness (QED) is 0.322. The summed E-state index contributed by atoms with van der Waals surface area (Å²) < 4.78 is 5.61. The number of fused-ring (bicyclic) bond motifs is 1. The Morgan fingerprint density at radius 3 is 2.41 bits per heavy atom. The molecule has 4 heteroatoms. The molecule has 0 N–H and O–H groups in total. The van der Waals surface area contributed by atoms with E-state index in [2.05, 4.69) is 25.2 Å². The zero-order chi connectivity index (χ0) is 24.4. The number of allylic oxidation sites excluding steroid dienone is 6. The number of benzene rings is 1. The molecule has 0 aliphatic heterocycles. The maximum atomic E-state index is 13.6. The summed E-state index contributed by atoms with van der Waals surface area (Å²) in [4.78, 5) is 38.4. The number of ether oxygens (including phenoxy) is 1. The lowest BCUT2D eigenvalue weighted by Crippen LogP contribution is -2.23. The maximum Gasteiger partial charge on any atom is 0.228 e. The summed E-state index contributed by atoms with van der Waals surface area (Å²) in [6.45, 7) is 5.93. The van der Waals surface area contributed by atoms with Crippen LogP contribution in [0.2, 0.25) is 0 Å². The van der Waals surface area contributed by atoms with Crippen LogP contribution in [-0.2, 0) is 9.59 Å². The van der Waals surface area contributed by atoms with E-state index in [1.165, 1.54) is 5.57 Å². The van der Waals surface area contributed by atoms with E-state index in [-0.39, 0.29) is 24.0 Å². The predicted molar refractivity (Wildman–Crippen MR) is 135 cm³/mol. The van der Waals surface area contributed by atoms with Gasteiger partial charge in [-0.1, -0.05) is 50.6 Å². The Labute approximate surface area is 203 Å². The molecule has 4 nitrogen and oxygen atoms in total. The second-order valence-electron chi connectivity index (χ2n) is 10.3. The molecule has 4 rings (SSSR count). The van der Waals surface area contributed by atoms with Crippen LogP contribution in [0.1, 0.15) is 93.1 Å². The first-order valence-corrected chi connectivity index (χ1v) is 12.7. The first kappa shape index (κ1) is 24.4. The van der Waals surface area contributed by atoms with Crippen molar-refractivity contribution in [1.29, 1.82) is 0 Å². The highest BCUT2D eigenvalue weighted by Crippen LogP contribution is 2.42. The first-order valence-electron chi connectivity index (χ1n) is 12.7. The van der Waals surface area contributed by atoms with Crippen molar-refractivity contribution in [3.63, 3.8) is 0 Å². The second-order valence-corrected chi connectivity index (χ2v) is 10.3. The third-order valence-corrected chi connectivity index (χ3v) is 7.79. The van der Waals surface area contributed by atoms with Gasteiger partial charge in [0, 0.05) is 23.8 Å². The molecule has 0 saturated heterocycles. The van der Waals surface area contributed by atoms with Crippen LogP contribution in [0.5, 0.6) is 5.75 Å². The third-order valence-electron chi connectivity index (χ3n) is 7.79. The van der Waals surface area contributed by atoms with E-state index in [0.717, 1.165) is 44.1 Å². The predicted octanol–water partition coefficient (Wildman–Crippen LogP) is 6.65. The number of Topliss-reactive ketones (excluding diaryl/α,β-unsaturated/α-hetero) is 3. The van der Waals surface area contributed by atoms with Gasteiger partial charge in [0.1, 0.15) is 5.75 Å². The Kier molecular flexibility index (Phi) is 7.35. The molecular weight excluding hydrogens is 424 g/mol. The smallest absolute Gasteiger partial charge is 0.228 e. The lowest BCUT2D eigenvalue weighted by atomic mass is 9.75. The molecule has 1 saturated carbocycles. The summed E-state index contributed by atoms with van der Waals surface area (Å²) in [5, 5.41) is 0. The number of rotatable bonds is 8. The minimum Gasteiger partial charge on any atom is -0.496 e. The van der Waals surface area contributed by atoms with E-state index in [0.29, 0.717) is 34.3 Å². The van der Waals surface area contributed by atoms with Crippen molar-refractivity contribution in [3.05, 3.63) is 58.7 Å². The van der Waals surface area contributed by atoms with Gasteiger partial charge in [0.2, 0.25) is 11.6 Å². The third kappa shape index (κ3) is 4.87. The first-order chi connectivity index (χ1) is 16.3. The van der Waals surface area contributed by atoms with E-state index in [1.54, 1.807) is 20.1 Å². The van der Waals surface area contributed by atoms with Gasteiger partial charge in [-0.15, -0.1) is 0 Å². The molecule has 0 amide bonds. The number of ketones is 3. The van der Waals surface area contributed by atoms with Crippen molar-refractivity contribution in [1.82, 2.24) is 0 Å². The largest absolute Gasteiger partial charge is 0.496 e. The molecule has 3 aliphatic rings. The molecule has 1 aromatic carbocycles. The minimum atomic E-state index is -0.461. The number of carbonyl (C=O) groups excluding carboxylic acids is 3. The van der Waals surface area contributed by atoms with Crippen molar-refractivity contribution >= 4 is 22.9 Å². The standard InChI is InChI=1S/C30H36O4/c1-5-27(31)30(33)25-14-19(3)23-17-28(34-4)26(16-24(23)25)29(32)22-12-10-21(11-13-22)15-20-8-6-18(2)7-9-20/h6,8-9,14,16-19,21-22H,5,7,10-13,15H2,1-4H3. The average Bonchev–Trinajstić information content (AvgIpc) is 3.19. The zero-order valence-corrected chi connectivity index (χ0v) is 20.9. The topological polar surface area (TPSA) is 60.4 Å². The fourth-order valence-electron chi connectivity index (χ4n) is 5.61. The number of carbonyl (C=O) groups is 3. The Hall–Kier alpha value is -2.75. The van der Waals surface area contributed by atoms with Crippen molar-refractivity contribution in [3.8, 4) is 5.75 Å². The van der Waals surface area contributed by atoms with Gasteiger partial charge in [0.15, 0.2) is 5.78 Å². The van der Waals surface area contributed by atoms with Gasteiger partial charge >= 0.3 is 0 Å². The Morgan fingerprint density at radius 1 is 1.06 bits per heavy atom. The van der Waals surface area contributed by atoms with Crippen LogP contribution in [0.3, 0.4) is 0 Å². The highest BCUT2D eigenvalue weighted by atomic mass is 16.5. The fourth-order valence-corrected chi connectivity index (χ4v) is 5.61. The molecule has 0 bridgehead atoms. The molecule has 2 atom stereocenters. The molecular formula is C30H36O4. The SMILES string of the molecule is CCC(=O)C(=O)C1=CC(C)c2cc(OC)c(C(=O)C3CCC(CC4=CCC(C)C=C4)CC3)cc21. The lowest BCUT2D eigenvalue weighted by Gasteiger charge is -2.29. The highest BCUT2D eigenvalue weighted by molar-refractivity contribution is 6.54. The van der Waals surface area contributed by atoms with Gasteiger partial charge in [0.05, 0.1) is 12.7 Å². The van der Waals surface area contributed by atoms with Gasteiger partial charge in [-0.3, -0.25) is 14.4 Å². The van der Waals surface area contributed by atoms with Crippen molar-refractivity contribution < 1.29 is 19.1 Å². The Morgan fingerprint density at radius 2 is 1.79 bits per heavy atom. The Bertz CT molecular complexity index is 1080. The molecule has 0 spiro atoms. The summed E-state index contributed by atoms with van der Waals surface area (Å²) in [5.74, 6) is 1.03. The van der Waals surface area contributed by atoms with Crippen molar-refractivity contribution in [2.45, 2.75) is 71.6 Å². The molecule has 34 heavy (non-hydrogen) atoms. The van der Waals surface area contributed by atoms with Crippen LogP contribution in [0.4, 0.5) is 0 Å². The second kappa shape index (κ2) is 10.2. The molecule has 180 valence electrons. The monoisotopic (exact) mass is 460 g/mol. The van der Waals surface area contributed by atoms with Crippen LogP contribution >= 0.6 is 0 Å². The van der Waals surface area contributed by atoms with Crippen LogP contribution in [-0.4, -0.2) is 24.5 Å². The molecule has 1 aromatic rings. The Balaban J connectivity index is 1.50. The molecule has 0 aromatic heterocycles. The van der Waals surface area contributed by atoms with Crippen molar-refractivity contribution in [2.75, 3.05) is 7.11 Å². The average molecular weight is 461 g/mol. The number of hydrogen-bond acceptors (Lipinski definition) is 4. The van der Waals surface area contributed by atoms with Crippen LogP contribution in [0, 0.1) is 17.8 Å². The van der Waals surface area contributed by atoms with Gasteiger partial charge < -0.3 is 4.74 Å².